The van der Waals surface area contributed by atoms with Crippen LogP contribution >= 0.6 is 0 Å². The van der Waals surface area contributed by atoms with Crippen molar-refractivity contribution in [2.45, 2.75) is 39.5 Å². The van der Waals surface area contributed by atoms with Crippen LogP contribution in [0.15, 0.2) is 0 Å². The normalized spacial score (nSPS) is 12.5. The number of unbranched alkanes of at least 4 members (excludes halogenated alkanes) is 1. The zero-order chi connectivity index (χ0) is 9.40. The van der Waals surface area contributed by atoms with Crippen LogP contribution < -0.4 is 0 Å². The number of hydrogen-bond acceptors (Lipinski definition) is 2. The van der Waals surface area contributed by atoms with Gasteiger partial charge in [-0.1, -0.05) is 26.7 Å². The van der Waals surface area contributed by atoms with Crippen molar-refractivity contribution in [1.29, 1.82) is 0 Å². The molecule has 1 atom stereocenters. The smallest absolute Gasteiger partial charge is 0.200 e. The zero-order valence-electron chi connectivity index (χ0n) is 7.82. The van der Waals surface area contributed by atoms with Gasteiger partial charge in [0, 0.05) is 5.92 Å². The van der Waals surface area contributed by atoms with Crippen molar-refractivity contribution in [3.63, 3.8) is 0 Å². The van der Waals surface area contributed by atoms with Gasteiger partial charge >= 0.3 is 5.09 Å². The Morgan fingerprint density at radius 3 is 2.58 bits per heavy atom. The molecule has 4 nitrogen and oxygen atoms in total. The van der Waals surface area contributed by atoms with E-state index in [-0.39, 0.29) is 0 Å². The molecule has 0 saturated heterocycles. The predicted molar refractivity (Wildman–Crippen MR) is 44.7 cm³/mol. The Labute approximate surface area is 73.0 Å². The van der Waals surface area contributed by atoms with E-state index in [4.69, 9.17) is 5.21 Å². The van der Waals surface area contributed by atoms with Crippen molar-refractivity contribution in [3.05, 3.63) is 4.91 Å². The third-order valence-corrected chi connectivity index (χ3v) is 1.96. The van der Waals surface area contributed by atoms with Crippen molar-refractivity contribution in [3.8, 4) is 0 Å². The van der Waals surface area contributed by atoms with Gasteiger partial charge in [0.25, 0.3) is 0 Å². The van der Waals surface area contributed by atoms with Gasteiger partial charge < -0.3 is 0 Å². The third kappa shape index (κ3) is 5.95. The molecule has 0 rings (SSSR count). The molecule has 0 aromatic heterocycles. The molecule has 12 heavy (non-hydrogen) atoms. The molecule has 0 aromatic rings. The van der Waals surface area contributed by atoms with Crippen molar-refractivity contribution >= 4 is 0 Å². The van der Waals surface area contributed by atoms with Gasteiger partial charge in [-0.25, -0.2) is 5.21 Å². The molecule has 4 heteroatoms. The second-order valence-corrected chi connectivity index (χ2v) is 2.95. The fourth-order valence-corrected chi connectivity index (χ4v) is 1.07. The molecule has 0 amide bonds. The van der Waals surface area contributed by atoms with Crippen molar-refractivity contribution < 1.29 is 15.1 Å². The van der Waals surface area contributed by atoms with Gasteiger partial charge in [-0.05, 0) is 12.8 Å². The molecule has 0 radical (unpaired) electrons. The first-order valence-electron chi connectivity index (χ1n) is 4.49. The van der Waals surface area contributed by atoms with Crippen LogP contribution in [-0.2, 0) is 4.84 Å². The van der Waals surface area contributed by atoms with Crippen LogP contribution in [0.2, 0.25) is 0 Å². The van der Waals surface area contributed by atoms with E-state index in [0.29, 0.717) is 12.5 Å². The largest absolute Gasteiger partial charge is 0.475 e. The summed E-state index contributed by atoms with van der Waals surface area (Å²) in [6.07, 6.45) is 4.33. The minimum atomic E-state index is -0.464. The fraction of sp³-hybridized carbons (Fsp3) is 1.00. The summed E-state index contributed by atoms with van der Waals surface area (Å²) in [5, 5.41) is 7.71. The quantitative estimate of drug-likeness (QED) is 0.605. The third-order valence-electron chi connectivity index (χ3n) is 1.96. The van der Waals surface area contributed by atoms with Gasteiger partial charge in [0.1, 0.15) is 4.91 Å². The fourth-order valence-electron chi connectivity index (χ4n) is 1.07. The van der Waals surface area contributed by atoms with Gasteiger partial charge in [0.05, 0.1) is 0 Å². The molecule has 0 aromatic carbocycles. The Balaban J connectivity index is 3.45. The highest BCUT2D eigenvalue weighted by Crippen LogP contribution is 2.12. The molecular formula is C8H18NO3+. The summed E-state index contributed by atoms with van der Waals surface area (Å²) in [7, 11) is 0. The van der Waals surface area contributed by atoms with E-state index in [1.807, 2.05) is 0 Å². The Bertz CT molecular complexity index is 127. The number of nitrogens with zero attached hydrogens (tertiary/aromatic N) is 1. The van der Waals surface area contributed by atoms with Crippen LogP contribution in [0, 0.1) is 10.8 Å². The highest BCUT2D eigenvalue weighted by Gasteiger charge is 2.12. The standard InChI is InChI=1S/C8H18NO3/c1-3-5-6-8(4-2)7-12-9(10)11/h8H,3-7H2,1-2H3,(H,10,11)/q+1. The first kappa shape index (κ1) is 11.2. The molecule has 0 aliphatic carbocycles. The second-order valence-electron chi connectivity index (χ2n) is 2.95. The topological polar surface area (TPSA) is 49.5 Å². The summed E-state index contributed by atoms with van der Waals surface area (Å²) in [4.78, 5) is 14.4. The summed E-state index contributed by atoms with van der Waals surface area (Å²) in [6, 6.07) is 0. The maximum atomic E-state index is 9.99. The maximum Gasteiger partial charge on any atom is 0.475 e. The van der Waals surface area contributed by atoms with Crippen LogP contribution in [0.3, 0.4) is 0 Å². The molecular weight excluding hydrogens is 158 g/mol. The van der Waals surface area contributed by atoms with E-state index in [9.17, 15) is 4.91 Å². The minimum Gasteiger partial charge on any atom is -0.200 e. The molecule has 0 saturated carbocycles. The molecule has 0 aliphatic heterocycles. The monoisotopic (exact) mass is 176 g/mol. The molecule has 1 N–H and O–H groups in total. The first-order chi connectivity index (χ1) is 5.70. The lowest BCUT2D eigenvalue weighted by molar-refractivity contribution is -0.976. The van der Waals surface area contributed by atoms with Crippen molar-refractivity contribution in [1.82, 2.24) is 0 Å². The van der Waals surface area contributed by atoms with Crippen LogP contribution in [0.25, 0.3) is 0 Å². The number of rotatable bonds is 7. The maximum absolute atomic E-state index is 9.99. The molecule has 72 valence electrons. The SMILES string of the molecule is CCCCC(CC)CO[N+](=O)O. The van der Waals surface area contributed by atoms with Gasteiger partial charge in [-0.15, -0.1) is 0 Å². The van der Waals surface area contributed by atoms with Gasteiger partial charge in [0.15, 0.2) is 6.61 Å². The van der Waals surface area contributed by atoms with Crippen LogP contribution in [-0.4, -0.2) is 16.9 Å². The average molecular weight is 176 g/mol. The van der Waals surface area contributed by atoms with E-state index in [2.05, 4.69) is 18.7 Å². The van der Waals surface area contributed by atoms with E-state index in [1.54, 1.807) is 0 Å². The van der Waals surface area contributed by atoms with E-state index < -0.39 is 5.09 Å². The number of hydrogen-bond donors (Lipinski definition) is 1. The molecule has 0 heterocycles. The van der Waals surface area contributed by atoms with Gasteiger partial charge in [-0.3, -0.25) is 0 Å². The van der Waals surface area contributed by atoms with Crippen LogP contribution in [0.4, 0.5) is 0 Å². The van der Waals surface area contributed by atoms with E-state index in [0.717, 1.165) is 25.7 Å². The molecule has 1 unspecified atom stereocenters. The Kier molecular flexibility index (Phi) is 6.42. The summed E-state index contributed by atoms with van der Waals surface area (Å²) in [6.45, 7) is 4.49. The van der Waals surface area contributed by atoms with E-state index in [1.165, 1.54) is 0 Å². The van der Waals surface area contributed by atoms with Crippen LogP contribution in [0.5, 0.6) is 0 Å². The summed E-state index contributed by atoms with van der Waals surface area (Å²) < 4.78 is 0. The summed E-state index contributed by atoms with van der Waals surface area (Å²) in [5.74, 6) is 0.383. The average Bonchev–Trinajstić information content (AvgIpc) is 2.05. The van der Waals surface area contributed by atoms with Crippen LogP contribution in [0.1, 0.15) is 39.5 Å². The lowest BCUT2D eigenvalue weighted by Gasteiger charge is -2.08. The summed E-state index contributed by atoms with van der Waals surface area (Å²) in [5.41, 5.74) is 0. The van der Waals surface area contributed by atoms with Gasteiger partial charge in [-0.2, -0.15) is 4.84 Å². The predicted octanol–water partition coefficient (Wildman–Crippen LogP) is 2.30. The Morgan fingerprint density at radius 2 is 2.17 bits per heavy atom. The molecule has 0 fully saturated rings. The van der Waals surface area contributed by atoms with Crippen molar-refractivity contribution in [2.75, 3.05) is 6.61 Å². The highest BCUT2D eigenvalue weighted by molar-refractivity contribution is 4.54. The molecule has 0 bridgehead atoms. The second kappa shape index (κ2) is 6.88. The Hall–Kier alpha value is -0.800. The lowest BCUT2D eigenvalue weighted by Crippen LogP contribution is -2.13. The minimum absolute atomic E-state index is 0.316. The van der Waals surface area contributed by atoms with Gasteiger partial charge in [0.2, 0.25) is 0 Å². The van der Waals surface area contributed by atoms with E-state index >= 15 is 0 Å². The van der Waals surface area contributed by atoms with Crippen molar-refractivity contribution in [2.24, 2.45) is 5.92 Å². The lowest BCUT2D eigenvalue weighted by atomic mass is 10.0. The Morgan fingerprint density at radius 1 is 1.50 bits per heavy atom. The zero-order valence-corrected chi connectivity index (χ0v) is 7.82. The molecule has 0 spiro atoms. The summed E-state index contributed by atoms with van der Waals surface area (Å²) >= 11 is 0. The molecule has 0 aliphatic rings. The highest BCUT2D eigenvalue weighted by atomic mass is 16.9. The first-order valence-corrected chi connectivity index (χ1v) is 4.49.